The molecule has 1 N–H and O–H groups in total. The van der Waals surface area contributed by atoms with Gasteiger partial charge in [0.05, 0.1) is 18.4 Å². The summed E-state index contributed by atoms with van der Waals surface area (Å²) in [6, 6.07) is 0. The Bertz CT molecular complexity index is 224. The lowest BCUT2D eigenvalue weighted by atomic mass is 9.81. The topological polar surface area (TPSA) is 63.6 Å². The van der Waals surface area contributed by atoms with E-state index in [1.807, 2.05) is 0 Å². The minimum absolute atomic E-state index is 0.204. The zero-order valence-electron chi connectivity index (χ0n) is 8.36. The van der Waals surface area contributed by atoms with Gasteiger partial charge in [-0.05, 0) is 26.2 Å². The summed E-state index contributed by atoms with van der Waals surface area (Å²) >= 11 is 0. The SMILES string of the molecule is CCOC(=O)[C@@H]1CCC[C@@H](C(=O)O)C1. The molecule has 80 valence electrons. The minimum Gasteiger partial charge on any atom is -0.481 e. The van der Waals surface area contributed by atoms with Crippen molar-refractivity contribution in [3.63, 3.8) is 0 Å². The molecule has 0 spiro atoms. The predicted octanol–water partition coefficient (Wildman–Crippen LogP) is 1.44. The smallest absolute Gasteiger partial charge is 0.308 e. The lowest BCUT2D eigenvalue weighted by Crippen LogP contribution is -2.28. The van der Waals surface area contributed by atoms with E-state index in [-0.39, 0.29) is 17.8 Å². The highest BCUT2D eigenvalue weighted by Crippen LogP contribution is 2.29. The molecule has 0 heterocycles. The summed E-state index contributed by atoms with van der Waals surface area (Å²) in [5.74, 6) is -1.60. The Morgan fingerprint density at radius 3 is 2.57 bits per heavy atom. The van der Waals surface area contributed by atoms with Gasteiger partial charge in [-0.3, -0.25) is 9.59 Å². The molecule has 1 saturated carbocycles. The second-order valence-corrected chi connectivity index (χ2v) is 3.65. The Morgan fingerprint density at radius 2 is 2.00 bits per heavy atom. The maximum Gasteiger partial charge on any atom is 0.308 e. The van der Waals surface area contributed by atoms with Crippen molar-refractivity contribution in [1.29, 1.82) is 0 Å². The third kappa shape index (κ3) is 2.72. The number of ether oxygens (including phenoxy) is 1. The van der Waals surface area contributed by atoms with Gasteiger partial charge in [0, 0.05) is 0 Å². The Kier molecular flexibility index (Phi) is 3.92. The first-order chi connectivity index (χ1) is 6.65. The van der Waals surface area contributed by atoms with Crippen LogP contribution < -0.4 is 0 Å². The number of rotatable bonds is 3. The maximum atomic E-state index is 11.4. The minimum atomic E-state index is -0.793. The summed E-state index contributed by atoms with van der Waals surface area (Å²) in [5, 5.41) is 8.82. The molecule has 0 bridgehead atoms. The standard InChI is InChI=1S/C10H16O4/c1-2-14-10(13)8-5-3-4-7(6-8)9(11)12/h7-8H,2-6H2,1H3,(H,11,12)/t7-,8-/m1/s1. The largest absolute Gasteiger partial charge is 0.481 e. The maximum absolute atomic E-state index is 11.4. The van der Waals surface area contributed by atoms with Crippen molar-refractivity contribution >= 4 is 11.9 Å². The molecule has 0 amide bonds. The highest BCUT2D eigenvalue weighted by molar-refractivity contribution is 5.75. The molecule has 1 aliphatic rings. The fourth-order valence-corrected chi connectivity index (χ4v) is 1.89. The molecular formula is C10H16O4. The first kappa shape index (κ1) is 11.0. The van der Waals surface area contributed by atoms with Crippen molar-refractivity contribution in [3.05, 3.63) is 0 Å². The van der Waals surface area contributed by atoms with E-state index in [9.17, 15) is 9.59 Å². The normalized spacial score (nSPS) is 26.9. The summed E-state index contributed by atoms with van der Waals surface area (Å²) in [6.45, 7) is 2.13. The second-order valence-electron chi connectivity index (χ2n) is 3.65. The molecule has 0 aromatic rings. The summed E-state index contributed by atoms with van der Waals surface area (Å²) in [4.78, 5) is 22.1. The molecule has 1 aliphatic carbocycles. The quantitative estimate of drug-likeness (QED) is 0.700. The van der Waals surface area contributed by atoms with E-state index >= 15 is 0 Å². The van der Waals surface area contributed by atoms with E-state index in [2.05, 4.69) is 0 Å². The number of hydrogen-bond donors (Lipinski definition) is 1. The zero-order chi connectivity index (χ0) is 10.6. The highest BCUT2D eigenvalue weighted by Gasteiger charge is 2.31. The fraction of sp³-hybridized carbons (Fsp3) is 0.800. The molecule has 2 atom stereocenters. The van der Waals surface area contributed by atoms with Crippen LogP contribution in [0.5, 0.6) is 0 Å². The van der Waals surface area contributed by atoms with Crippen molar-refractivity contribution < 1.29 is 19.4 Å². The van der Waals surface area contributed by atoms with Crippen molar-refractivity contribution in [2.75, 3.05) is 6.61 Å². The van der Waals surface area contributed by atoms with E-state index in [0.717, 1.165) is 12.8 Å². The first-order valence-electron chi connectivity index (χ1n) is 5.04. The molecular weight excluding hydrogens is 184 g/mol. The molecule has 0 unspecified atom stereocenters. The average molecular weight is 200 g/mol. The Labute approximate surface area is 83.2 Å². The number of hydrogen-bond acceptors (Lipinski definition) is 3. The van der Waals surface area contributed by atoms with Gasteiger partial charge in [-0.1, -0.05) is 6.42 Å². The molecule has 0 aromatic heterocycles. The van der Waals surface area contributed by atoms with Gasteiger partial charge < -0.3 is 9.84 Å². The Balaban J connectivity index is 2.47. The molecule has 0 saturated heterocycles. The van der Waals surface area contributed by atoms with E-state index in [1.54, 1.807) is 6.92 Å². The monoisotopic (exact) mass is 200 g/mol. The van der Waals surface area contributed by atoms with Gasteiger partial charge in [0.15, 0.2) is 0 Å². The fourth-order valence-electron chi connectivity index (χ4n) is 1.89. The number of aliphatic carboxylic acids is 1. The van der Waals surface area contributed by atoms with Gasteiger partial charge in [0.25, 0.3) is 0 Å². The third-order valence-corrected chi connectivity index (χ3v) is 2.64. The first-order valence-corrected chi connectivity index (χ1v) is 5.04. The molecule has 14 heavy (non-hydrogen) atoms. The summed E-state index contributed by atoms with van der Waals surface area (Å²) < 4.78 is 4.88. The van der Waals surface area contributed by atoms with Crippen LogP contribution in [0.4, 0.5) is 0 Å². The average Bonchev–Trinajstić information content (AvgIpc) is 2.18. The number of carboxylic acid groups (broad SMARTS) is 1. The van der Waals surface area contributed by atoms with Crippen molar-refractivity contribution in [2.45, 2.75) is 32.6 Å². The van der Waals surface area contributed by atoms with Crippen LogP contribution in [-0.4, -0.2) is 23.7 Å². The van der Waals surface area contributed by atoms with Crippen LogP contribution in [-0.2, 0) is 14.3 Å². The molecule has 4 heteroatoms. The molecule has 1 rings (SSSR count). The van der Waals surface area contributed by atoms with Crippen molar-refractivity contribution in [2.24, 2.45) is 11.8 Å². The van der Waals surface area contributed by atoms with Crippen LogP contribution in [0, 0.1) is 11.8 Å². The number of carboxylic acids is 1. The van der Waals surface area contributed by atoms with Crippen LogP contribution in [0.1, 0.15) is 32.6 Å². The van der Waals surface area contributed by atoms with Gasteiger partial charge in [0.2, 0.25) is 0 Å². The van der Waals surface area contributed by atoms with Gasteiger partial charge in [-0.15, -0.1) is 0 Å². The molecule has 0 radical (unpaired) electrons. The van der Waals surface area contributed by atoms with Gasteiger partial charge in [0.1, 0.15) is 0 Å². The van der Waals surface area contributed by atoms with Gasteiger partial charge in [-0.2, -0.15) is 0 Å². The molecule has 4 nitrogen and oxygen atoms in total. The van der Waals surface area contributed by atoms with E-state index in [1.165, 1.54) is 0 Å². The van der Waals surface area contributed by atoms with Crippen LogP contribution in [0.2, 0.25) is 0 Å². The lowest BCUT2D eigenvalue weighted by molar-refractivity contribution is -0.152. The van der Waals surface area contributed by atoms with Crippen LogP contribution in [0.15, 0.2) is 0 Å². The van der Waals surface area contributed by atoms with Gasteiger partial charge in [-0.25, -0.2) is 0 Å². The van der Waals surface area contributed by atoms with Crippen LogP contribution >= 0.6 is 0 Å². The summed E-state index contributed by atoms with van der Waals surface area (Å²) in [6.07, 6.45) is 2.70. The van der Waals surface area contributed by atoms with Crippen molar-refractivity contribution in [3.8, 4) is 0 Å². The molecule has 0 aromatic carbocycles. The van der Waals surface area contributed by atoms with Crippen LogP contribution in [0.3, 0.4) is 0 Å². The van der Waals surface area contributed by atoms with Crippen molar-refractivity contribution in [1.82, 2.24) is 0 Å². The number of carbonyl (C=O) groups is 2. The predicted molar refractivity (Wildman–Crippen MR) is 49.7 cm³/mol. The second kappa shape index (κ2) is 4.98. The van der Waals surface area contributed by atoms with Gasteiger partial charge >= 0.3 is 11.9 Å². The Morgan fingerprint density at radius 1 is 1.36 bits per heavy atom. The lowest BCUT2D eigenvalue weighted by Gasteiger charge is -2.24. The highest BCUT2D eigenvalue weighted by atomic mass is 16.5. The zero-order valence-corrected chi connectivity index (χ0v) is 8.36. The summed E-state index contributed by atoms with van der Waals surface area (Å²) in [7, 11) is 0. The Hall–Kier alpha value is -1.06. The van der Waals surface area contributed by atoms with E-state index in [0.29, 0.717) is 19.4 Å². The van der Waals surface area contributed by atoms with E-state index < -0.39 is 5.97 Å². The van der Waals surface area contributed by atoms with E-state index in [4.69, 9.17) is 9.84 Å². The third-order valence-electron chi connectivity index (χ3n) is 2.64. The summed E-state index contributed by atoms with van der Waals surface area (Å²) in [5.41, 5.74) is 0. The molecule has 0 aliphatic heterocycles. The number of esters is 1. The molecule has 1 fully saturated rings. The van der Waals surface area contributed by atoms with Crippen LogP contribution in [0.25, 0.3) is 0 Å². The number of carbonyl (C=O) groups excluding carboxylic acids is 1.